The third-order valence-corrected chi connectivity index (χ3v) is 2.76. The SMILES string of the molecule is CC[C@H](O)CCC(=O)CCc1ccccc1. The molecule has 2 heteroatoms. The number of carbonyl (C=O) groups is 1. The molecule has 1 atom stereocenters. The first kappa shape index (κ1) is 12.9. The Labute approximate surface area is 97.3 Å². The third-order valence-electron chi connectivity index (χ3n) is 2.76. The first-order chi connectivity index (χ1) is 7.72. The summed E-state index contributed by atoms with van der Waals surface area (Å²) in [6, 6.07) is 10.0. The van der Waals surface area contributed by atoms with Crippen molar-refractivity contribution in [3.63, 3.8) is 0 Å². The lowest BCUT2D eigenvalue weighted by Gasteiger charge is -2.06. The third kappa shape index (κ3) is 5.08. The maximum absolute atomic E-state index is 11.5. The fraction of sp³-hybridized carbons (Fsp3) is 0.500. The van der Waals surface area contributed by atoms with E-state index in [0.29, 0.717) is 19.3 Å². The predicted molar refractivity (Wildman–Crippen MR) is 65.3 cm³/mol. The quantitative estimate of drug-likeness (QED) is 0.767. The molecule has 1 N–H and O–H groups in total. The van der Waals surface area contributed by atoms with E-state index in [9.17, 15) is 9.90 Å². The highest BCUT2D eigenvalue weighted by Crippen LogP contribution is 2.07. The number of aliphatic hydroxyl groups is 1. The van der Waals surface area contributed by atoms with Crippen LogP contribution in [0.5, 0.6) is 0 Å². The van der Waals surface area contributed by atoms with Gasteiger partial charge in [0.2, 0.25) is 0 Å². The van der Waals surface area contributed by atoms with Gasteiger partial charge in [0.15, 0.2) is 0 Å². The molecule has 88 valence electrons. The van der Waals surface area contributed by atoms with E-state index in [1.165, 1.54) is 5.56 Å². The fourth-order valence-corrected chi connectivity index (χ4v) is 1.59. The van der Waals surface area contributed by atoms with E-state index in [1.54, 1.807) is 0 Å². The number of benzene rings is 1. The summed E-state index contributed by atoms with van der Waals surface area (Å²) in [7, 11) is 0. The number of carbonyl (C=O) groups excluding carboxylic acids is 1. The van der Waals surface area contributed by atoms with Crippen molar-refractivity contribution in [3.05, 3.63) is 35.9 Å². The van der Waals surface area contributed by atoms with Crippen LogP contribution in [0.2, 0.25) is 0 Å². The summed E-state index contributed by atoms with van der Waals surface area (Å²) >= 11 is 0. The average Bonchev–Trinajstić information content (AvgIpc) is 2.34. The van der Waals surface area contributed by atoms with Crippen LogP contribution in [0.1, 0.15) is 38.2 Å². The van der Waals surface area contributed by atoms with Gasteiger partial charge in [-0.2, -0.15) is 0 Å². The van der Waals surface area contributed by atoms with Crippen LogP contribution >= 0.6 is 0 Å². The minimum absolute atomic E-state index is 0.247. The number of aryl methyl sites for hydroxylation is 1. The van der Waals surface area contributed by atoms with Gasteiger partial charge in [0.25, 0.3) is 0 Å². The second-order valence-electron chi connectivity index (χ2n) is 4.13. The normalized spacial score (nSPS) is 12.4. The van der Waals surface area contributed by atoms with Gasteiger partial charge < -0.3 is 5.11 Å². The molecule has 0 aliphatic carbocycles. The van der Waals surface area contributed by atoms with Crippen LogP contribution in [0.25, 0.3) is 0 Å². The number of aliphatic hydroxyl groups excluding tert-OH is 1. The van der Waals surface area contributed by atoms with Crippen LogP contribution in [-0.2, 0) is 11.2 Å². The molecule has 0 amide bonds. The lowest BCUT2D eigenvalue weighted by molar-refractivity contribution is -0.119. The number of rotatable bonds is 7. The molecule has 0 saturated heterocycles. The van der Waals surface area contributed by atoms with Gasteiger partial charge in [-0.1, -0.05) is 37.3 Å². The second kappa shape index (κ2) is 7.18. The summed E-state index contributed by atoms with van der Waals surface area (Å²) in [4.78, 5) is 11.5. The Bertz CT molecular complexity index is 306. The summed E-state index contributed by atoms with van der Waals surface area (Å²) in [5.41, 5.74) is 1.20. The van der Waals surface area contributed by atoms with Crippen molar-refractivity contribution in [3.8, 4) is 0 Å². The van der Waals surface area contributed by atoms with Crippen LogP contribution in [0, 0.1) is 0 Å². The van der Waals surface area contributed by atoms with Crippen LogP contribution < -0.4 is 0 Å². The van der Waals surface area contributed by atoms with Crippen LogP contribution in [-0.4, -0.2) is 17.0 Å². The molecule has 1 aromatic rings. The standard InChI is InChI=1S/C14H20O2/c1-2-13(15)10-11-14(16)9-8-12-6-4-3-5-7-12/h3-7,13,15H,2,8-11H2,1H3/t13-/m0/s1. The zero-order valence-corrected chi connectivity index (χ0v) is 9.86. The van der Waals surface area contributed by atoms with Gasteiger partial charge in [-0.15, -0.1) is 0 Å². The lowest BCUT2D eigenvalue weighted by atomic mass is 10.0. The molecule has 0 saturated carbocycles. The Hall–Kier alpha value is -1.15. The Morgan fingerprint density at radius 3 is 2.56 bits per heavy atom. The van der Waals surface area contributed by atoms with Crippen LogP contribution in [0.3, 0.4) is 0 Å². The fourth-order valence-electron chi connectivity index (χ4n) is 1.59. The van der Waals surface area contributed by atoms with Crippen molar-refractivity contribution >= 4 is 5.78 Å². The van der Waals surface area contributed by atoms with Gasteiger partial charge in [-0.3, -0.25) is 4.79 Å². The molecule has 0 heterocycles. The number of Topliss-reactive ketones (excluding diaryl/α,β-unsaturated/α-hetero) is 1. The molecule has 1 aromatic carbocycles. The Kier molecular flexibility index (Phi) is 5.79. The Balaban J connectivity index is 2.20. The molecule has 0 radical (unpaired) electrons. The predicted octanol–water partition coefficient (Wildman–Crippen LogP) is 2.74. The van der Waals surface area contributed by atoms with Crippen molar-refractivity contribution in [2.45, 2.75) is 45.1 Å². The van der Waals surface area contributed by atoms with Gasteiger partial charge in [0, 0.05) is 12.8 Å². The summed E-state index contributed by atoms with van der Waals surface area (Å²) in [5, 5.41) is 9.34. The van der Waals surface area contributed by atoms with E-state index in [1.807, 2.05) is 37.3 Å². The molecule has 0 fully saturated rings. The van der Waals surface area contributed by atoms with Gasteiger partial charge in [-0.05, 0) is 24.8 Å². The topological polar surface area (TPSA) is 37.3 Å². The summed E-state index contributed by atoms with van der Waals surface area (Å²) < 4.78 is 0. The summed E-state index contributed by atoms with van der Waals surface area (Å²) in [6.45, 7) is 1.93. The minimum atomic E-state index is -0.319. The van der Waals surface area contributed by atoms with Crippen LogP contribution in [0.15, 0.2) is 30.3 Å². The van der Waals surface area contributed by atoms with Crippen molar-refractivity contribution in [2.24, 2.45) is 0 Å². The molecule has 0 spiro atoms. The maximum atomic E-state index is 11.5. The molecule has 0 aliphatic heterocycles. The number of ketones is 1. The Morgan fingerprint density at radius 2 is 1.94 bits per heavy atom. The monoisotopic (exact) mass is 220 g/mol. The van der Waals surface area contributed by atoms with E-state index in [-0.39, 0.29) is 11.9 Å². The highest BCUT2D eigenvalue weighted by Gasteiger charge is 2.06. The van der Waals surface area contributed by atoms with Crippen molar-refractivity contribution in [2.75, 3.05) is 0 Å². The van der Waals surface area contributed by atoms with E-state index in [2.05, 4.69) is 0 Å². The lowest BCUT2D eigenvalue weighted by Crippen LogP contribution is -2.08. The highest BCUT2D eigenvalue weighted by atomic mass is 16.3. The van der Waals surface area contributed by atoms with Gasteiger partial charge >= 0.3 is 0 Å². The molecule has 0 unspecified atom stereocenters. The second-order valence-corrected chi connectivity index (χ2v) is 4.13. The van der Waals surface area contributed by atoms with Gasteiger partial charge in [0.1, 0.15) is 5.78 Å². The Morgan fingerprint density at radius 1 is 1.25 bits per heavy atom. The zero-order valence-electron chi connectivity index (χ0n) is 9.86. The summed E-state index contributed by atoms with van der Waals surface area (Å²) in [6.07, 6.45) is 2.90. The molecular weight excluding hydrogens is 200 g/mol. The number of hydrogen-bond acceptors (Lipinski definition) is 2. The first-order valence-electron chi connectivity index (χ1n) is 5.96. The molecule has 2 nitrogen and oxygen atoms in total. The van der Waals surface area contributed by atoms with E-state index >= 15 is 0 Å². The molecule has 0 bridgehead atoms. The van der Waals surface area contributed by atoms with Gasteiger partial charge in [-0.25, -0.2) is 0 Å². The largest absolute Gasteiger partial charge is 0.393 e. The zero-order chi connectivity index (χ0) is 11.8. The number of hydrogen-bond donors (Lipinski definition) is 1. The smallest absolute Gasteiger partial charge is 0.133 e. The maximum Gasteiger partial charge on any atom is 0.133 e. The molecule has 0 aromatic heterocycles. The van der Waals surface area contributed by atoms with Crippen molar-refractivity contribution in [1.29, 1.82) is 0 Å². The molecule has 0 aliphatic rings. The molecule has 1 rings (SSSR count). The summed E-state index contributed by atoms with van der Waals surface area (Å²) in [5.74, 6) is 0.247. The van der Waals surface area contributed by atoms with Gasteiger partial charge in [0.05, 0.1) is 6.10 Å². The van der Waals surface area contributed by atoms with Crippen LogP contribution in [0.4, 0.5) is 0 Å². The van der Waals surface area contributed by atoms with Crippen molar-refractivity contribution in [1.82, 2.24) is 0 Å². The van der Waals surface area contributed by atoms with E-state index in [0.717, 1.165) is 12.8 Å². The van der Waals surface area contributed by atoms with E-state index in [4.69, 9.17) is 0 Å². The first-order valence-corrected chi connectivity index (χ1v) is 5.96. The van der Waals surface area contributed by atoms with Crippen molar-refractivity contribution < 1.29 is 9.90 Å². The molecule has 16 heavy (non-hydrogen) atoms. The van der Waals surface area contributed by atoms with E-state index < -0.39 is 0 Å². The average molecular weight is 220 g/mol. The molecular formula is C14H20O2. The minimum Gasteiger partial charge on any atom is -0.393 e. The highest BCUT2D eigenvalue weighted by molar-refractivity contribution is 5.78.